The van der Waals surface area contributed by atoms with E-state index in [1.807, 2.05) is 0 Å². The van der Waals surface area contributed by atoms with E-state index in [2.05, 4.69) is 6.92 Å². The zero-order valence-corrected chi connectivity index (χ0v) is 2.19. The van der Waals surface area contributed by atoms with Crippen molar-refractivity contribution in [2.24, 2.45) is 0 Å². The Bertz CT molecular complexity index is 17.2. The topological polar surface area (TPSA) is 17.1 Å². The minimum atomic E-state index is 0.0139. The molecule has 0 amide bonds. The summed E-state index contributed by atoms with van der Waals surface area (Å²) in [5.74, 6) is 0. The van der Waals surface area contributed by atoms with Crippen molar-refractivity contribution in [1.29, 1.82) is 0 Å². The molecule has 0 aliphatic carbocycles. The van der Waals surface area contributed by atoms with Crippen LogP contribution < -0.4 is 0 Å². The van der Waals surface area contributed by atoms with Crippen LogP contribution >= 0.6 is 0 Å². The van der Waals surface area contributed by atoms with Crippen LogP contribution in [0.25, 0.3) is 0 Å². The number of carbonyl (C=O) groups excluding carboxylic acids is 1. The molecule has 0 aliphatic heterocycles. The van der Waals surface area contributed by atoms with Crippen molar-refractivity contribution in [3.8, 4) is 0 Å². The molecule has 0 aliphatic rings. The van der Waals surface area contributed by atoms with Crippen LogP contribution in [0.3, 0.4) is 0 Å². The molecule has 0 heterocycles. The third-order valence-electron chi connectivity index (χ3n) is 0.0833. The van der Waals surface area contributed by atoms with Crippen molar-refractivity contribution in [2.45, 2.75) is 6.42 Å². The molecule has 0 unspecified atom stereocenters. The summed E-state index contributed by atoms with van der Waals surface area (Å²) in [5, 5.41) is 0. The molecule has 0 aromatic carbocycles. The highest BCUT2D eigenvalue weighted by Crippen LogP contribution is 1.52. The van der Waals surface area contributed by atoms with Gasteiger partial charge in [0.15, 0.2) is 6.29 Å². The second-order valence-corrected chi connectivity index (χ2v) is 0.348. The predicted octanol–water partition coefficient (Wildman–Crippen LogP) is 0.197. The largest absolute Gasteiger partial charge is 0.291 e. The quantitative estimate of drug-likeness (QED) is 0.418. The lowest BCUT2D eigenvalue weighted by Crippen LogP contribution is -1.55. The monoisotopic (exact) mass is 55.0 g/mol. The molecule has 0 bridgehead atoms. The molecule has 21 valence electrons. The lowest BCUT2D eigenvalue weighted by atomic mass is 10.6. The molecule has 3 radical (unpaired) electrons. The summed E-state index contributed by atoms with van der Waals surface area (Å²) in [6, 6.07) is 0. The summed E-state index contributed by atoms with van der Waals surface area (Å²) >= 11 is 0. The Morgan fingerprint density at radius 2 is 2.25 bits per heavy atom. The van der Waals surface area contributed by atoms with Gasteiger partial charge in [0.2, 0.25) is 0 Å². The van der Waals surface area contributed by atoms with Crippen molar-refractivity contribution in [3.63, 3.8) is 0 Å². The molecule has 1 nitrogen and oxygen atoms in total. The first-order valence-corrected chi connectivity index (χ1v) is 0.966. The Kier molecular flexibility index (Phi) is 2.45. The second kappa shape index (κ2) is 2.67. The van der Waals surface area contributed by atoms with Crippen LogP contribution in [0.2, 0.25) is 0 Å². The van der Waals surface area contributed by atoms with Gasteiger partial charge in [0.1, 0.15) is 0 Å². The molecule has 4 heavy (non-hydrogen) atoms. The summed E-state index contributed by atoms with van der Waals surface area (Å²) in [6.07, 6.45) is 1.47. The van der Waals surface area contributed by atoms with E-state index < -0.39 is 0 Å². The van der Waals surface area contributed by atoms with E-state index in [0.29, 0.717) is 0 Å². The predicted molar refractivity (Wildman–Crippen MR) is 14.6 cm³/mol. The zero-order chi connectivity index (χ0) is 3.41. The van der Waals surface area contributed by atoms with E-state index in [0.717, 1.165) is 0 Å². The van der Waals surface area contributed by atoms with Gasteiger partial charge < -0.3 is 0 Å². The first kappa shape index (κ1) is 3.67. The van der Waals surface area contributed by atoms with Gasteiger partial charge >= 0.3 is 0 Å². The molecule has 0 saturated heterocycles. The van der Waals surface area contributed by atoms with Gasteiger partial charge in [-0.3, -0.25) is 4.79 Å². The first-order valence-electron chi connectivity index (χ1n) is 0.966. The standard InChI is InChI=1S/C3H3O/c1-2-3-4/h1H,2H2. The average Bonchev–Trinajstić information content (AvgIpc) is 1.37. The van der Waals surface area contributed by atoms with Gasteiger partial charge in [-0.05, 0) is 6.92 Å². The fourth-order valence-electron chi connectivity index (χ4n) is 0. The van der Waals surface area contributed by atoms with Crippen molar-refractivity contribution in [2.75, 3.05) is 0 Å². The molecule has 0 N–H and O–H groups in total. The molecule has 0 aromatic rings. The maximum absolute atomic E-state index is 8.92. The average molecular weight is 55.1 g/mol. The van der Waals surface area contributed by atoms with Crippen molar-refractivity contribution >= 4 is 6.29 Å². The van der Waals surface area contributed by atoms with Crippen molar-refractivity contribution in [3.05, 3.63) is 6.92 Å². The highest BCUT2D eigenvalue weighted by atomic mass is 16.1. The molecule has 0 fully saturated rings. The van der Waals surface area contributed by atoms with Gasteiger partial charge in [-0.25, -0.2) is 0 Å². The van der Waals surface area contributed by atoms with E-state index in [-0.39, 0.29) is 6.42 Å². The molecule has 1 heteroatoms. The number of hydrogen-bond acceptors (Lipinski definition) is 1. The second-order valence-electron chi connectivity index (χ2n) is 0.348. The van der Waals surface area contributed by atoms with Crippen LogP contribution in [0.5, 0.6) is 0 Å². The summed E-state index contributed by atoms with van der Waals surface area (Å²) in [6.45, 7) is 4.60. The van der Waals surface area contributed by atoms with Crippen LogP contribution in [-0.2, 0) is 4.79 Å². The summed E-state index contributed by atoms with van der Waals surface area (Å²) in [7, 11) is 0. The maximum atomic E-state index is 8.92. The van der Waals surface area contributed by atoms with Crippen LogP contribution in [-0.4, -0.2) is 6.29 Å². The number of hydrogen-bond donors (Lipinski definition) is 0. The Balaban J connectivity index is 2.30. The molecule has 0 aromatic heterocycles. The molecule has 0 rings (SSSR count). The Labute approximate surface area is 25.6 Å². The van der Waals surface area contributed by atoms with E-state index in [4.69, 9.17) is 4.79 Å². The Morgan fingerprint density at radius 3 is 2.25 bits per heavy atom. The molecule has 0 spiro atoms. The van der Waals surface area contributed by atoms with Crippen LogP contribution in [0.4, 0.5) is 0 Å². The van der Waals surface area contributed by atoms with Gasteiger partial charge in [-0.15, -0.1) is 0 Å². The SMILES string of the molecule is [CH]C[C]=O. The minimum Gasteiger partial charge on any atom is -0.291 e. The van der Waals surface area contributed by atoms with Crippen LogP contribution in [0.1, 0.15) is 6.42 Å². The third-order valence-corrected chi connectivity index (χ3v) is 0.0833. The Morgan fingerprint density at radius 1 is 2.00 bits per heavy atom. The highest BCUT2D eigenvalue weighted by Gasteiger charge is 1.56. The summed E-state index contributed by atoms with van der Waals surface area (Å²) < 4.78 is 0. The fraction of sp³-hybridized carbons (Fsp3) is 0.333. The van der Waals surface area contributed by atoms with Crippen molar-refractivity contribution < 1.29 is 4.79 Å². The first-order chi connectivity index (χ1) is 1.91. The van der Waals surface area contributed by atoms with Gasteiger partial charge in [0, 0.05) is 6.42 Å². The van der Waals surface area contributed by atoms with E-state index >= 15 is 0 Å². The van der Waals surface area contributed by atoms with Gasteiger partial charge in [0.25, 0.3) is 0 Å². The van der Waals surface area contributed by atoms with Gasteiger partial charge in [0.05, 0.1) is 0 Å². The molecule has 0 atom stereocenters. The fourth-order valence-corrected chi connectivity index (χ4v) is 0. The normalized spacial score (nSPS) is 6.25. The van der Waals surface area contributed by atoms with Gasteiger partial charge in [-0.2, -0.15) is 0 Å². The third kappa shape index (κ3) is 1.67. The minimum absolute atomic E-state index is 0.0139. The maximum Gasteiger partial charge on any atom is 0.198 e. The lowest BCUT2D eigenvalue weighted by molar-refractivity contribution is 0.556. The molecule has 0 saturated carbocycles. The summed E-state index contributed by atoms with van der Waals surface area (Å²) in [4.78, 5) is 8.92. The van der Waals surface area contributed by atoms with E-state index in [1.165, 1.54) is 6.29 Å². The van der Waals surface area contributed by atoms with Crippen LogP contribution in [0, 0.1) is 6.92 Å². The molecular formula is C3H3O. The lowest BCUT2D eigenvalue weighted by Gasteiger charge is -1.47. The van der Waals surface area contributed by atoms with Crippen molar-refractivity contribution in [1.82, 2.24) is 0 Å². The van der Waals surface area contributed by atoms with E-state index in [9.17, 15) is 0 Å². The zero-order valence-electron chi connectivity index (χ0n) is 2.19. The van der Waals surface area contributed by atoms with Gasteiger partial charge in [-0.1, -0.05) is 0 Å². The Hall–Kier alpha value is -0.330. The smallest absolute Gasteiger partial charge is 0.198 e. The molecular weight excluding hydrogens is 52.0 g/mol. The number of rotatable bonds is 1. The highest BCUT2D eigenvalue weighted by molar-refractivity contribution is 5.50. The van der Waals surface area contributed by atoms with Crippen LogP contribution in [0.15, 0.2) is 0 Å². The van der Waals surface area contributed by atoms with E-state index in [1.54, 1.807) is 0 Å². The summed E-state index contributed by atoms with van der Waals surface area (Å²) in [5.41, 5.74) is 0.